The van der Waals surface area contributed by atoms with Crippen molar-refractivity contribution in [3.63, 3.8) is 0 Å². The van der Waals surface area contributed by atoms with Gasteiger partial charge in [-0.1, -0.05) is 31.2 Å². The number of alkyl halides is 3. The molecule has 1 aliphatic carbocycles. The summed E-state index contributed by atoms with van der Waals surface area (Å²) >= 11 is 0. The van der Waals surface area contributed by atoms with Crippen molar-refractivity contribution in [1.82, 2.24) is 0 Å². The van der Waals surface area contributed by atoms with E-state index in [1.165, 1.54) is 26.0 Å². The molecule has 0 radical (unpaired) electrons. The molecule has 1 saturated carbocycles. The van der Waals surface area contributed by atoms with Crippen LogP contribution in [0.3, 0.4) is 0 Å². The van der Waals surface area contributed by atoms with E-state index in [9.17, 15) is 18.0 Å². The minimum absolute atomic E-state index is 0.200. The van der Waals surface area contributed by atoms with Gasteiger partial charge in [-0.3, -0.25) is 4.79 Å². The van der Waals surface area contributed by atoms with Crippen molar-refractivity contribution in [2.75, 3.05) is 6.61 Å². The second kappa shape index (κ2) is 5.28. The van der Waals surface area contributed by atoms with Gasteiger partial charge in [0, 0.05) is 5.41 Å². The Morgan fingerprint density at radius 2 is 1.82 bits per heavy atom. The Balaban J connectivity index is 2.19. The highest BCUT2D eigenvalue weighted by atomic mass is 19.4. The van der Waals surface area contributed by atoms with Crippen molar-refractivity contribution < 1.29 is 22.7 Å². The Bertz CT molecular complexity index is 560. The van der Waals surface area contributed by atoms with Gasteiger partial charge in [-0.2, -0.15) is 13.2 Å². The summed E-state index contributed by atoms with van der Waals surface area (Å²) in [5.41, 5.74) is -1.11. The maximum absolute atomic E-state index is 13.1. The molecule has 2 atom stereocenters. The van der Waals surface area contributed by atoms with E-state index in [1.54, 1.807) is 19.1 Å². The van der Waals surface area contributed by atoms with Crippen LogP contribution in [0.25, 0.3) is 0 Å². The van der Waals surface area contributed by atoms with Crippen LogP contribution in [-0.4, -0.2) is 18.8 Å². The molecule has 2 nitrogen and oxygen atoms in total. The minimum atomic E-state index is -4.30. The number of carbonyl (C=O) groups excluding carboxylic acids is 1. The van der Waals surface area contributed by atoms with Crippen LogP contribution in [0.2, 0.25) is 0 Å². The van der Waals surface area contributed by atoms with Crippen LogP contribution in [0.5, 0.6) is 0 Å². The van der Waals surface area contributed by atoms with E-state index in [1.807, 2.05) is 6.92 Å². The number of ether oxygens (including phenoxy) is 1. The van der Waals surface area contributed by atoms with E-state index < -0.39 is 11.6 Å². The van der Waals surface area contributed by atoms with Gasteiger partial charge in [0.05, 0.1) is 17.9 Å². The number of rotatable bonds is 4. The summed E-state index contributed by atoms with van der Waals surface area (Å²) in [5, 5.41) is 0. The first-order valence-electron chi connectivity index (χ1n) is 7.38. The molecule has 0 N–H and O–H groups in total. The third-order valence-electron chi connectivity index (χ3n) is 4.78. The first kappa shape index (κ1) is 16.8. The molecule has 122 valence electrons. The fourth-order valence-electron chi connectivity index (χ4n) is 2.70. The number of hydrogen-bond donors (Lipinski definition) is 0. The van der Waals surface area contributed by atoms with Crippen molar-refractivity contribution in [1.29, 1.82) is 0 Å². The molecular weight excluding hydrogens is 293 g/mol. The molecule has 22 heavy (non-hydrogen) atoms. The molecule has 0 amide bonds. The summed E-state index contributed by atoms with van der Waals surface area (Å²) < 4.78 is 44.2. The van der Waals surface area contributed by atoms with Crippen LogP contribution in [-0.2, 0) is 20.4 Å². The molecule has 5 heteroatoms. The quantitative estimate of drug-likeness (QED) is 0.772. The lowest BCUT2D eigenvalue weighted by atomic mass is 9.82. The first-order chi connectivity index (χ1) is 10.0. The summed E-state index contributed by atoms with van der Waals surface area (Å²) in [6.07, 6.45) is -3.63. The predicted molar refractivity (Wildman–Crippen MR) is 77.6 cm³/mol. The van der Waals surface area contributed by atoms with Gasteiger partial charge in [-0.15, -0.1) is 0 Å². The van der Waals surface area contributed by atoms with E-state index in [2.05, 4.69) is 0 Å². The largest absolute Gasteiger partial charge is 0.466 e. The first-order valence-corrected chi connectivity index (χ1v) is 7.38. The average molecular weight is 314 g/mol. The number of benzene rings is 1. The fraction of sp³-hybridized carbons (Fsp3) is 0.588. The molecule has 0 heterocycles. The smallest absolute Gasteiger partial charge is 0.397 e. The molecule has 1 aromatic carbocycles. The highest BCUT2D eigenvalue weighted by Crippen LogP contribution is 2.54. The highest BCUT2D eigenvalue weighted by molar-refractivity contribution is 5.79. The molecular formula is C17H21F3O2. The SMILES string of the molecule is CCOC(=O)C1CC1(C)c1ccc(C(C)(C)C(F)(F)F)cc1. The molecule has 0 saturated heterocycles. The molecule has 0 aliphatic heterocycles. The molecule has 1 fully saturated rings. The van der Waals surface area contributed by atoms with Gasteiger partial charge < -0.3 is 4.74 Å². The lowest BCUT2D eigenvalue weighted by Crippen LogP contribution is -2.36. The lowest BCUT2D eigenvalue weighted by Gasteiger charge is -2.28. The number of hydrogen-bond acceptors (Lipinski definition) is 2. The van der Waals surface area contributed by atoms with Crippen molar-refractivity contribution in [2.45, 2.75) is 51.1 Å². The van der Waals surface area contributed by atoms with Crippen LogP contribution >= 0.6 is 0 Å². The van der Waals surface area contributed by atoms with Crippen LogP contribution in [0.1, 0.15) is 45.2 Å². The summed E-state index contributed by atoms with van der Waals surface area (Å²) in [7, 11) is 0. The van der Waals surface area contributed by atoms with E-state index in [4.69, 9.17) is 4.74 Å². The fourth-order valence-corrected chi connectivity index (χ4v) is 2.70. The van der Waals surface area contributed by atoms with Gasteiger partial charge in [0.15, 0.2) is 0 Å². The van der Waals surface area contributed by atoms with Gasteiger partial charge in [0.1, 0.15) is 0 Å². The Hall–Kier alpha value is -1.52. The summed E-state index contributed by atoms with van der Waals surface area (Å²) in [6, 6.07) is 6.41. The summed E-state index contributed by atoms with van der Waals surface area (Å²) in [6.45, 7) is 6.37. The van der Waals surface area contributed by atoms with E-state index in [0.717, 1.165) is 5.56 Å². The average Bonchev–Trinajstić information content (AvgIpc) is 3.12. The second-order valence-electron chi connectivity index (χ2n) is 6.63. The van der Waals surface area contributed by atoms with Gasteiger partial charge >= 0.3 is 12.1 Å². The number of esters is 1. The van der Waals surface area contributed by atoms with Gasteiger partial charge in [0.2, 0.25) is 0 Å². The Kier molecular flexibility index (Phi) is 4.05. The maximum atomic E-state index is 13.1. The van der Waals surface area contributed by atoms with Crippen LogP contribution in [0, 0.1) is 5.92 Å². The Morgan fingerprint density at radius 1 is 1.27 bits per heavy atom. The van der Waals surface area contributed by atoms with E-state index in [0.29, 0.717) is 13.0 Å². The molecule has 2 rings (SSSR count). The summed E-state index contributed by atoms with van der Waals surface area (Å²) in [5.74, 6) is -0.432. The monoisotopic (exact) mass is 314 g/mol. The van der Waals surface area contributed by atoms with Crippen molar-refractivity contribution in [3.8, 4) is 0 Å². The third-order valence-corrected chi connectivity index (χ3v) is 4.78. The number of carbonyl (C=O) groups is 1. The number of halogens is 3. The minimum Gasteiger partial charge on any atom is -0.466 e. The highest BCUT2D eigenvalue weighted by Gasteiger charge is 2.56. The Labute approximate surface area is 128 Å². The van der Waals surface area contributed by atoms with Crippen LogP contribution in [0.15, 0.2) is 24.3 Å². The van der Waals surface area contributed by atoms with E-state index >= 15 is 0 Å². The zero-order chi connectivity index (χ0) is 16.8. The molecule has 1 aromatic rings. The van der Waals surface area contributed by atoms with Gasteiger partial charge in [0.25, 0.3) is 0 Å². The molecule has 0 spiro atoms. The molecule has 1 aliphatic rings. The third kappa shape index (κ3) is 2.73. The zero-order valence-corrected chi connectivity index (χ0v) is 13.3. The van der Waals surface area contributed by atoms with Crippen molar-refractivity contribution >= 4 is 5.97 Å². The predicted octanol–water partition coefficient (Wildman–Crippen LogP) is 4.37. The van der Waals surface area contributed by atoms with Crippen molar-refractivity contribution in [3.05, 3.63) is 35.4 Å². The second-order valence-corrected chi connectivity index (χ2v) is 6.63. The normalized spacial score (nSPS) is 25.0. The van der Waals surface area contributed by atoms with Gasteiger partial charge in [-0.25, -0.2) is 0 Å². The Morgan fingerprint density at radius 3 is 2.27 bits per heavy atom. The maximum Gasteiger partial charge on any atom is 0.397 e. The molecule has 2 unspecified atom stereocenters. The van der Waals surface area contributed by atoms with Crippen LogP contribution in [0.4, 0.5) is 13.2 Å². The topological polar surface area (TPSA) is 26.3 Å². The van der Waals surface area contributed by atoms with Crippen LogP contribution < -0.4 is 0 Å². The lowest BCUT2D eigenvalue weighted by molar-refractivity contribution is -0.180. The summed E-state index contributed by atoms with van der Waals surface area (Å²) in [4.78, 5) is 11.8. The molecule has 0 bridgehead atoms. The van der Waals surface area contributed by atoms with E-state index in [-0.39, 0.29) is 22.9 Å². The molecule has 0 aromatic heterocycles. The van der Waals surface area contributed by atoms with Gasteiger partial charge in [-0.05, 0) is 38.3 Å². The zero-order valence-electron chi connectivity index (χ0n) is 13.3. The van der Waals surface area contributed by atoms with Crippen molar-refractivity contribution in [2.24, 2.45) is 5.92 Å². The standard InChI is InChI=1S/C17H21F3O2/c1-5-22-14(21)13-10-16(13,4)12-8-6-11(7-9-12)15(2,3)17(18,19)20/h6-9,13H,5,10H2,1-4H3.